The van der Waals surface area contributed by atoms with Crippen molar-refractivity contribution >= 4 is 11.0 Å². The van der Waals surface area contributed by atoms with Gasteiger partial charge in [0.1, 0.15) is 11.6 Å². The first kappa shape index (κ1) is 42.7. The summed E-state index contributed by atoms with van der Waals surface area (Å²) in [6, 6.07) is 62.2. The van der Waals surface area contributed by atoms with Crippen LogP contribution in [0.25, 0.3) is 95.0 Å². The quantitative estimate of drug-likeness (QED) is 0.139. The molecule has 5 heteroatoms. The van der Waals surface area contributed by atoms with Crippen LogP contribution in [-0.2, 0) is 26.5 Å². The third-order valence-electron chi connectivity index (χ3n) is 13.3. The molecule has 0 aliphatic rings. The fraction of sp³-hybridized carbons (Fsp3) is 0.182. The summed E-state index contributed by atoms with van der Waals surface area (Å²) in [6.07, 6.45) is 1.84. The number of para-hydroxylation sites is 1. The molecule has 0 aliphatic carbocycles. The Balaban J connectivity index is 0.00000706. The largest absolute Gasteiger partial charge is 0.507 e. The number of phenols is 1. The number of phenolic OH excluding ortho intramolecular Hbond substituents is 1. The number of rotatable bonds is 10. The minimum Gasteiger partial charge on any atom is -0.507 e. The van der Waals surface area contributed by atoms with Crippen molar-refractivity contribution in [2.45, 2.75) is 79.4 Å². The number of hydrogen-bond donors (Lipinski definition) is 1. The van der Waals surface area contributed by atoms with Gasteiger partial charge in [0, 0.05) is 45.4 Å². The van der Waals surface area contributed by atoms with E-state index in [0.717, 1.165) is 83.6 Å². The Kier molecular flexibility index (Phi) is 12.0. The number of pyridine rings is 1. The van der Waals surface area contributed by atoms with Gasteiger partial charge < -0.3 is 5.11 Å². The SMILES string of the molecule is [2H]C([2H])([2H])c1cc(-c2cc(C([2H])(C)C)cc(C([2H])(C)C)c2)ccc1-n1c(-c2cc(C)cc(C(C)(C)C)c2O)nc2c(-c3[c-]c(-c4cc(-c5ccc(-c6ccccc6)cc5)ccn4)cc(-c4ccccc4)c3)cccc21.[Pt]. The summed E-state index contributed by atoms with van der Waals surface area (Å²) in [6.45, 7) is 12.8. The van der Waals surface area contributed by atoms with Gasteiger partial charge in [-0.15, -0.1) is 23.8 Å². The van der Waals surface area contributed by atoms with Gasteiger partial charge in [0.15, 0.2) is 0 Å². The van der Waals surface area contributed by atoms with Crippen LogP contribution in [0.15, 0.2) is 182 Å². The molecule has 0 bridgehead atoms. The fourth-order valence-electron chi connectivity index (χ4n) is 9.44. The molecule has 356 valence electrons. The van der Waals surface area contributed by atoms with Gasteiger partial charge in [0.2, 0.25) is 0 Å². The molecule has 0 unspecified atom stereocenters. The Labute approximate surface area is 441 Å². The number of nitrogens with zero attached hydrogens (tertiary/aromatic N) is 3. The van der Waals surface area contributed by atoms with Crippen molar-refractivity contribution in [3.8, 4) is 89.7 Å². The molecule has 2 heterocycles. The zero-order chi connectivity index (χ0) is 53.2. The zero-order valence-corrected chi connectivity index (χ0v) is 43.7. The van der Waals surface area contributed by atoms with E-state index in [2.05, 4.69) is 93.6 Å². The third kappa shape index (κ3) is 9.84. The van der Waals surface area contributed by atoms with E-state index in [1.165, 1.54) is 0 Å². The van der Waals surface area contributed by atoms with Gasteiger partial charge in [-0.2, -0.15) is 0 Å². The number of aryl methyl sites for hydroxylation is 2. The standard InChI is InChI=1S/C66H60N3O.Pt/c1-41(2)51-34-52(42(3)4)36-54(35-51)49-27-28-61(44(6)33-49)69-62-22-16-21-57(63(62)68-65(69)58-31-43(5)32-59(64(58)70)66(7,8)9)55-37-53(46-19-14-11-15-20-46)38-56(39-55)60-40-50(29-30-67-60)48-25-23-47(24-26-48)45-17-12-10-13-18-45;/h10-38,40-42,70H,1-9H3;/q-1;/i6D3,41D,42D;. The molecule has 0 amide bonds. The number of hydrogen-bond acceptors (Lipinski definition) is 3. The van der Waals surface area contributed by atoms with E-state index in [1.54, 1.807) is 6.07 Å². The van der Waals surface area contributed by atoms with Crippen molar-refractivity contribution in [1.29, 1.82) is 0 Å². The monoisotopic (exact) mass is 1110 g/mol. The third-order valence-corrected chi connectivity index (χ3v) is 13.3. The minimum absolute atomic E-state index is 0. The summed E-state index contributed by atoms with van der Waals surface area (Å²) in [5, 5.41) is 12.4. The topological polar surface area (TPSA) is 50.9 Å². The molecular weight excluding hydrogens is 1050 g/mol. The minimum atomic E-state index is -2.61. The van der Waals surface area contributed by atoms with Gasteiger partial charge in [-0.05, 0) is 123 Å². The van der Waals surface area contributed by atoms with E-state index in [-0.39, 0.29) is 32.4 Å². The van der Waals surface area contributed by atoms with Gasteiger partial charge in [-0.1, -0.05) is 199 Å². The maximum absolute atomic E-state index is 12.4. The van der Waals surface area contributed by atoms with Crippen LogP contribution < -0.4 is 0 Å². The Hall–Kier alpha value is -7.13. The molecule has 0 radical (unpaired) electrons. The molecule has 1 N–H and O–H groups in total. The van der Waals surface area contributed by atoms with Crippen LogP contribution in [0.4, 0.5) is 0 Å². The average molecular weight is 1110 g/mol. The van der Waals surface area contributed by atoms with Crippen LogP contribution in [-0.4, -0.2) is 19.6 Å². The first-order chi connectivity index (χ1) is 35.5. The summed E-state index contributed by atoms with van der Waals surface area (Å²) < 4.78 is 47.1. The number of fused-ring (bicyclic) bond motifs is 1. The van der Waals surface area contributed by atoms with Crippen LogP contribution in [0.2, 0.25) is 0 Å². The molecule has 0 saturated heterocycles. The second-order valence-electron chi connectivity index (χ2n) is 19.9. The van der Waals surface area contributed by atoms with Crippen molar-refractivity contribution < 1.29 is 33.0 Å². The van der Waals surface area contributed by atoms with Gasteiger partial charge in [-0.3, -0.25) is 9.55 Å². The summed E-state index contributed by atoms with van der Waals surface area (Å²) in [4.78, 5) is 10.4. The molecule has 10 aromatic rings. The van der Waals surface area contributed by atoms with Crippen LogP contribution >= 0.6 is 0 Å². The molecular formula is C66H60N3OPt-. The van der Waals surface area contributed by atoms with E-state index in [9.17, 15) is 5.11 Å². The Morgan fingerprint density at radius 1 is 0.577 bits per heavy atom. The molecule has 0 saturated carbocycles. The maximum atomic E-state index is 12.4. The molecule has 2 aromatic heterocycles. The molecule has 8 aromatic carbocycles. The van der Waals surface area contributed by atoms with Gasteiger partial charge >= 0.3 is 0 Å². The molecule has 4 nitrogen and oxygen atoms in total. The second-order valence-corrected chi connectivity index (χ2v) is 19.9. The summed E-state index contributed by atoms with van der Waals surface area (Å²) in [7, 11) is 0. The first-order valence-corrected chi connectivity index (χ1v) is 23.9. The van der Waals surface area contributed by atoms with E-state index < -0.39 is 24.1 Å². The Bertz CT molecular complexity index is 3740. The van der Waals surface area contributed by atoms with E-state index in [1.807, 2.05) is 149 Å². The second kappa shape index (κ2) is 19.9. The summed E-state index contributed by atoms with van der Waals surface area (Å²) in [5.41, 5.74) is 15.6. The summed E-state index contributed by atoms with van der Waals surface area (Å²) >= 11 is 0. The van der Waals surface area contributed by atoms with Crippen molar-refractivity contribution in [3.05, 3.63) is 216 Å². The van der Waals surface area contributed by atoms with E-state index in [4.69, 9.17) is 16.8 Å². The maximum Gasteiger partial charge on any atom is 0.148 e. The van der Waals surface area contributed by atoms with E-state index >= 15 is 0 Å². The Morgan fingerprint density at radius 3 is 1.79 bits per heavy atom. The first-order valence-electron chi connectivity index (χ1n) is 26.4. The molecule has 0 fully saturated rings. The van der Waals surface area contributed by atoms with E-state index in [0.29, 0.717) is 33.7 Å². The zero-order valence-electron chi connectivity index (χ0n) is 46.4. The number of imidazole rings is 1. The number of aromatic hydroxyl groups is 1. The van der Waals surface area contributed by atoms with Crippen molar-refractivity contribution in [3.63, 3.8) is 0 Å². The van der Waals surface area contributed by atoms with Crippen LogP contribution in [0.5, 0.6) is 5.75 Å². The van der Waals surface area contributed by atoms with Gasteiger partial charge in [0.25, 0.3) is 0 Å². The van der Waals surface area contributed by atoms with Crippen molar-refractivity contribution in [1.82, 2.24) is 14.5 Å². The van der Waals surface area contributed by atoms with Crippen molar-refractivity contribution in [2.24, 2.45) is 0 Å². The normalized spacial score (nSPS) is 13.2. The molecule has 0 aliphatic heterocycles. The van der Waals surface area contributed by atoms with Gasteiger partial charge in [0.05, 0.1) is 22.3 Å². The predicted molar refractivity (Wildman–Crippen MR) is 294 cm³/mol. The molecule has 0 spiro atoms. The van der Waals surface area contributed by atoms with Gasteiger partial charge in [-0.25, -0.2) is 4.98 Å². The Morgan fingerprint density at radius 2 is 1.15 bits per heavy atom. The van der Waals surface area contributed by atoms with Crippen LogP contribution in [0, 0.1) is 19.8 Å². The fourth-order valence-corrected chi connectivity index (χ4v) is 9.44. The van der Waals surface area contributed by atoms with Crippen LogP contribution in [0.1, 0.15) is 94.9 Å². The van der Waals surface area contributed by atoms with Crippen molar-refractivity contribution in [2.75, 3.05) is 0 Å². The van der Waals surface area contributed by atoms with Crippen LogP contribution in [0.3, 0.4) is 0 Å². The molecule has 0 atom stereocenters. The molecule has 71 heavy (non-hydrogen) atoms. The number of aromatic nitrogens is 3. The number of benzene rings is 8. The predicted octanol–water partition coefficient (Wildman–Crippen LogP) is 17.8. The smallest absolute Gasteiger partial charge is 0.148 e. The molecule has 10 rings (SSSR count). The average Bonchev–Trinajstić information content (AvgIpc) is 3.81. The summed E-state index contributed by atoms with van der Waals surface area (Å²) in [5.74, 6) is -1.49.